The van der Waals surface area contributed by atoms with Gasteiger partial charge in [-0.15, -0.1) is 0 Å². The summed E-state index contributed by atoms with van der Waals surface area (Å²) in [4.78, 5) is 0. The Kier molecular flexibility index (Phi) is 12.1. The van der Waals surface area contributed by atoms with Crippen molar-refractivity contribution >= 4 is 49.5 Å². The van der Waals surface area contributed by atoms with Gasteiger partial charge in [-0.2, -0.15) is 0 Å². The zero-order chi connectivity index (χ0) is 31.5. The Labute approximate surface area is 266 Å². The summed E-state index contributed by atoms with van der Waals surface area (Å²) >= 11 is 10.8. The van der Waals surface area contributed by atoms with Gasteiger partial charge in [0.05, 0.1) is 13.2 Å². The second-order valence-corrected chi connectivity index (χ2v) is 27.8. The highest BCUT2D eigenvalue weighted by Crippen LogP contribution is 2.44. The van der Waals surface area contributed by atoms with E-state index < -0.39 is 55.2 Å². The number of thiol groups is 1. The van der Waals surface area contributed by atoms with Crippen LogP contribution in [0.2, 0.25) is 63.9 Å². The van der Waals surface area contributed by atoms with Crippen LogP contribution < -0.4 is 4.74 Å². The molecule has 1 N–H and O–H groups in total. The topological polar surface area (TPSA) is 75.6 Å². The Bertz CT molecular complexity index is 1170. The molecule has 2 aromatic carbocycles. The van der Waals surface area contributed by atoms with Crippen molar-refractivity contribution in [3.8, 4) is 5.75 Å². The quantitative estimate of drug-likeness (QED) is 0.131. The maximum Gasteiger partial charge on any atom is 0.221 e. The highest BCUT2D eigenvalue weighted by molar-refractivity contribution is 7.75. The van der Waals surface area contributed by atoms with Gasteiger partial charge in [0.15, 0.2) is 25.0 Å². The Morgan fingerprint density at radius 3 is 1.95 bits per heavy atom. The average molecular weight is 673 g/mol. The molecule has 2 aromatic rings. The molecular weight excluding hydrogens is 624 g/mol. The Hall–Kier alpha value is -0.709. The maximum atomic E-state index is 12.6. The van der Waals surface area contributed by atoms with Gasteiger partial charge < -0.3 is 32.0 Å². The number of hydrogen-bond acceptors (Lipinski definition) is 8. The Balaban J connectivity index is 2.14. The highest BCUT2D eigenvalue weighted by Gasteiger charge is 2.59. The lowest BCUT2D eigenvalue weighted by Gasteiger charge is -2.54. The first-order valence-electron chi connectivity index (χ1n) is 14.6. The van der Waals surface area contributed by atoms with E-state index in [2.05, 4.69) is 71.8 Å². The van der Waals surface area contributed by atoms with E-state index in [0.29, 0.717) is 23.6 Å². The van der Waals surface area contributed by atoms with Crippen molar-refractivity contribution < 1.29 is 32.0 Å². The molecule has 0 saturated carbocycles. The van der Waals surface area contributed by atoms with Gasteiger partial charge in [0, 0.05) is 10.6 Å². The molecule has 236 valence electrons. The number of rotatable bonds is 13. The molecule has 0 aliphatic carbocycles. The predicted octanol–water partition coefficient (Wildman–Crippen LogP) is 7.40. The molecule has 0 unspecified atom stereocenters. The second-order valence-electron chi connectivity index (χ2n) is 13.7. The van der Waals surface area contributed by atoms with Crippen LogP contribution in [0.1, 0.15) is 23.6 Å². The third kappa shape index (κ3) is 9.90. The summed E-state index contributed by atoms with van der Waals surface area (Å²) in [7, 11) is -6.50. The molecule has 0 radical (unpaired) electrons. The fourth-order valence-electron chi connectivity index (χ4n) is 5.05. The van der Waals surface area contributed by atoms with Gasteiger partial charge in [0.2, 0.25) is 5.79 Å². The van der Waals surface area contributed by atoms with Crippen LogP contribution in [-0.2, 0) is 34.4 Å². The molecule has 0 bridgehead atoms. The molecule has 12 heteroatoms. The van der Waals surface area contributed by atoms with E-state index in [9.17, 15) is 5.11 Å². The predicted molar refractivity (Wildman–Crippen MR) is 180 cm³/mol. The third-order valence-electron chi connectivity index (χ3n) is 6.49. The monoisotopic (exact) mass is 672 g/mol. The summed E-state index contributed by atoms with van der Waals surface area (Å²) in [5.74, 6) is -1.04. The summed E-state index contributed by atoms with van der Waals surface area (Å²) in [6.07, 6.45) is -2.07. The van der Waals surface area contributed by atoms with E-state index in [1.54, 1.807) is 12.1 Å². The molecule has 1 aliphatic heterocycles. The number of ether oxygens (including phenoxy) is 2. The van der Waals surface area contributed by atoms with Crippen LogP contribution in [-0.4, -0.2) is 67.7 Å². The van der Waals surface area contributed by atoms with Gasteiger partial charge in [-0.3, -0.25) is 0 Å². The first kappa shape index (κ1) is 35.8. The van der Waals surface area contributed by atoms with Crippen LogP contribution in [0, 0.1) is 0 Å². The molecule has 1 aliphatic rings. The van der Waals surface area contributed by atoms with Crippen LogP contribution in [0.5, 0.6) is 5.75 Å². The lowest BCUT2D eigenvalue weighted by molar-refractivity contribution is -0.348. The molecule has 7 nitrogen and oxygen atoms in total. The number of aliphatic hydroxyl groups is 1. The van der Waals surface area contributed by atoms with E-state index in [1.807, 2.05) is 37.3 Å². The summed E-state index contributed by atoms with van der Waals surface area (Å²) in [6, 6.07) is 13.4. The Morgan fingerprint density at radius 2 is 1.43 bits per heavy atom. The zero-order valence-electron chi connectivity index (χ0n) is 26.7. The van der Waals surface area contributed by atoms with Crippen molar-refractivity contribution in [1.82, 2.24) is 0 Å². The van der Waals surface area contributed by atoms with Crippen molar-refractivity contribution in [2.75, 3.05) is 13.2 Å². The molecule has 1 saturated heterocycles. The van der Waals surface area contributed by atoms with Gasteiger partial charge in [0.25, 0.3) is 0 Å². The normalized spacial score (nSPS) is 25.5. The van der Waals surface area contributed by atoms with E-state index in [4.69, 9.17) is 38.5 Å². The van der Waals surface area contributed by atoms with E-state index in [1.165, 1.54) is 0 Å². The van der Waals surface area contributed by atoms with E-state index >= 15 is 0 Å². The van der Waals surface area contributed by atoms with Crippen LogP contribution in [0.4, 0.5) is 0 Å². The molecule has 3 rings (SSSR count). The molecule has 1 heterocycles. The molecular formula is C30H49ClO7SSi3. The lowest BCUT2D eigenvalue weighted by Crippen LogP contribution is -2.69. The Morgan fingerprint density at radius 1 is 0.857 bits per heavy atom. The minimum atomic E-state index is -2.24. The summed E-state index contributed by atoms with van der Waals surface area (Å²) in [6.45, 7) is 21.7. The standard InChI is InChI=1S/C30H49ClO7SSi3/c1-11-33-24-15-12-21(13-16-24)18-22-19-23(14-17-25(22)31)30(32)29(38-42(8,9)10)28(37-41(5,6)7)27(36-40(2,3)4)26(35-30)20-34-39/h12-17,19,26-29,32,39H,11,18,20H2,1-10H3/t26-,27-,28+,29-,30+/m1/s1. The van der Waals surface area contributed by atoms with E-state index in [-0.39, 0.29) is 6.61 Å². The molecule has 1 fully saturated rings. The van der Waals surface area contributed by atoms with Gasteiger partial charge >= 0.3 is 0 Å². The smallest absolute Gasteiger partial charge is 0.221 e. The minimum absolute atomic E-state index is 0.0957. The first-order chi connectivity index (χ1) is 19.3. The summed E-state index contributed by atoms with van der Waals surface area (Å²) < 4.78 is 37.9. The maximum absolute atomic E-state index is 12.6. The molecule has 5 atom stereocenters. The summed E-state index contributed by atoms with van der Waals surface area (Å²) in [5, 5.41) is 13.2. The molecule has 0 spiro atoms. The third-order valence-corrected chi connectivity index (χ3v) is 9.93. The first-order valence-corrected chi connectivity index (χ1v) is 25.5. The summed E-state index contributed by atoms with van der Waals surface area (Å²) in [5.41, 5.74) is 2.46. The minimum Gasteiger partial charge on any atom is -0.494 e. The van der Waals surface area contributed by atoms with Gasteiger partial charge in [-0.05, 0) is 121 Å². The molecule has 0 aromatic heterocycles. The van der Waals surface area contributed by atoms with Crippen molar-refractivity contribution in [3.63, 3.8) is 0 Å². The average Bonchev–Trinajstić information content (AvgIpc) is 2.84. The van der Waals surface area contributed by atoms with Crippen molar-refractivity contribution in [3.05, 3.63) is 64.2 Å². The van der Waals surface area contributed by atoms with E-state index in [0.717, 1.165) is 16.9 Å². The van der Waals surface area contributed by atoms with Crippen LogP contribution >= 0.6 is 24.5 Å². The van der Waals surface area contributed by atoms with Crippen molar-refractivity contribution in [2.45, 2.75) is 102 Å². The lowest BCUT2D eigenvalue weighted by atomic mass is 9.87. The molecule has 42 heavy (non-hydrogen) atoms. The largest absolute Gasteiger partial charge is 0.494 e. The van der Waals surface area contributed by atoms with Crippen LogP contribution in [0.25, 0.3) is 0 Å². The number of halogens is 1. The molecule has 0 amide bonds. The SMILES string of the molecule is CCOc1ccc(Cc2cc([C@]3(O)O[C@H](COS)[C@@H](O[Si](C)(C)C)[C@H](O[Si](C)(C)C)[C@H]3O[Si](C)(C)C)ccc2Cl)cc1. The van der Waals surface area contributed by atoms with Crippen LogP contribution in [0.15, 0.2) is 42.5 Å². The fraction of sp³-hybridized carbons (Fsp3) is 0.600. The zero-order valence-corrected chi connectivity index (χ0v) is 31.3. The van der Waals surface area contributed by atoms with Crippen LogP contribution in [0.3, 0.4) is 0 Å². The number of benzene rings is 2. The highest BCUT2D eigenvalue weighted by atomic mass is 35.5. The van der Waals surface area contributed by atoms with Gasteiger partial charge in [-0.25, -0.2) is 0 Å². The van der Waals surface area contributed by atoms with Crippen molar-refractivity contribution in [2.24, 2.45) is 0 Å². The fourth-order valence-corrected chi connectivity index (χ4v) is 8.61. The second kappa shape index (κ2) is 14.2. The number of hydrogen-bond donors (Lipinski definition) is 2. The van der Waals surface area contributed by atoms with Gasteiger partial charge in [0.1, 0.15) is 30.2 Å². The van der Waals surface area contributed by atoms with Gasteiger partial charge in [-0.1, -0.05) is 29.8 Å². The van der Waals surface area contributed by atoms with Crippen molar-refractivity contribution in [1.29, 1.82) is 0 Å².